The minimum atomic E-state index is -0.556. The molecule has 0 bridgehead atoms. The Kier molecular flexibility index (Phi) is 4.01. The SMILES string of the molecule is Cc1ccc(CN2C(=O)C3C(=NC4=[N+](Cc5ccco5)CCN43)N(C)C2=O)cc1. The second-order valence-electron chi connectivity index (χ2n) is 7.62. The van der Waals surface area contributed by atoms with Crippen LogP contribution in [0.3, 0.4) is 0 Å². The third-order valence-electron chi connectivity index (χ3n) is 5.67. The van der Waals surface area contributed by atoms with Crippen LogP contribution >= 0.6 is 0 Å². The molecule has 3 amide bonds. The molecule has 1 aromatic carbocycles. The molecule has 1 unspecified atom stereocenters. The van der Waals surface area contributed by atoms with Crippen molar-refractivity contribution in [3.8, 4) is 0 Å². The molecule has 2 aromatic rings. The monoisotopic (exact) mass is 392 g/mol. The van der Waals surface area contributed by atoms with Gasteiger partial charge in [0.05, 0.1) is 25.9 Å². The quantitative estimate of drug-likeness (QED) is 0.742. The van der Waals surface area contributed by atoms with E-state index in [2.05, 4.69) is 9.57 Å². The maximum atomic E-state index is 13.3. The number of likely N-dealkylation sites (N-methyl/N-ethyl adjacent to an activating group) is 1. The fraction of sp³-hybridized carbons (Fsp3) is 0.333. The van der Waals surface area contributed by atoms with E-state index in [1.807, 2.05) is 48.2 Å². The summed E-state index contributed by atoms with van der Waals surface area (Å²) in [6.45, 7) is 4.29. The number of amides is 3. The number of furan rings is 1. The number of carbonyl (C=O) groups is 2. The van der Waals surface area contributed by atoms with E-state index in [4.69, 9.17) is 4.42 Å². The maximum absolute atomic E-state index is 13.3. The molecule has 8 nitrogen and oxygen atoms in total. The highest BCUT2D eigenvalue weighted by atomic mass is 16.3. The van der Waals surface area contributed by atoms with Crippen LogP contribution in [0.2, 0.25) is 0 Å². The van der Waals surface area contributed by atoms with Crippen molar-refractivity contribution >= 4 is 23.7 Å². The number of hydrogen-bond acceptors (Lipinski definition) is 5. The van der Waals surface area contributed by atoms with E-state index in [0.717, 1.165) is 29.4 Å². The summed E-state index contributed by atoms with van der Waals surface area (Å²) in [7, 11) is 1.68. The highest BCUT2D eigenvalue weighted by Crippen LogP contribution is 2.27. The van der Waals surface area contributed by atoms with Crippen LogP contribution in [0.1, 0.15) is 16.9 Å². The van der Waals surface area contributed by atoms with E-state index in [-0.39, 0.29) is 18.5 Å². The number of hydrogen-bond donors (Lipinski definition) is 0. The number of aliphatic imine (C=N–C) groups is 1. The van der Waals surface area contributed by atoms with Crippen molar-refractivity contribution in [2.24, 2.45) is 4.99 Å². The number of amidine groups is 1. The van der Waals surface area contributed by atoms with Gasteiger partial charge >= 0.3 is 12.0 Å². The lowest BCUT2D eigenvalue weighted by atomic mass is 10.1. The van der Waals surface area contributed by atoms with Gasteiger partial charge in [-0.1, -0.05) is 34.8 Å². The van der Waals surface area contributed by atoms with E-state index >= 15 is 0 Å². The average molecular weight is 392 g/mol. The first-order valence-electron chi connectivity index (χ1n) is 9.67. The highest BCUT2D eigenvalue weighted by Gasteiger charge is 2.57. The Morgan fingerprint density at radius 3 is 2.72 bits per heavy atom. The van der Waals surface area contributed by atoms with Crippen LogP contribution in [0, 0.1) is 6.92 Å². The first kappa shape index (κ1) is 17.7. The predicted molar refractivity (Wildman–Crippen MR) is 105 cm³/mol. The number of nitrogens with zero attached hydrogens (tertiary/aromatic N) is 5. The van der Waals surface area contributed by atoms with E-state index in [1.165, 1.54) is 9.80 Å². The van der Waals surface area contributed by atoms with Gasteiger partial charge in [-0.2, -0.15) is 0 Å². The molecule has 1 aromatic heterocycles. The summed E-state index contributed by atoms with van der Waals surface area (Å²) in [4.78, 5) is 35.7. The molecule has 8 heteroatoms. The zero-order valence-corrected chi connectivity index (χ0v) is 16.4. The van der Waals surface area contributed by atoms with Crippen LogP contribution in [0.4, 0.5) is 4.79 Å². The Balaban J connectivity index is 1.44. The maximum Gasteiger partial charge on any atom is 0.393 e. The highest BCUT2D eigenvalue weighted by molar-refractivity contribution is 6.25. The predicted octanol–water partition coefficient (Wildman–Crippen LogP) is 1.65. The van der Waals surface area contributed by atoms with Gasteiger partial charge in [0, 0.05) is 7.05 Å². The van der Waals surface area contributed by atoms with Gasteiger partial charge in [-0.3, -0.25) is 19.2 Å². The number of benzene rings is 1. The van der Waals surface area contributed by atoms with Crippen molar-refractivity contribution in [3.05, 3.63) is 59.5 Å². The third kappa shape index (κ3) is 2.83. The molecule has 148 valence electrons. The summed E-state index contributed by atoms with van der Waals surface area (Å²) < 4.78 is 7.54. The molecule has 4 heterocycles. The lowest BCUT2D eigenvalue weighted by molar-refractivity contribution is -0.537. The van der Waals surface area contributed by atoms with Crippen LogP contribution in [0.25, 0.3) is 0 Å². The van der Waals surface area contributed by atoms with E-state index in [1.54, 1.807) is 13.3 Å². The van der Waals surface area contributed by atoms with Gasteiger partial charge in [0.25, 0.3) is 5.91 Å². The molecule has 3 aliphatic heterocycles. The molecule has 1 atom stereocenters. The van der Waals surface area contributed by atoms with Gasteiger partial charge in [-0.15, -0.1) is 0 Å². The number of aryl methyl sites for hydroxylation is 1. The van der Waals surface area contributed by atoms with Gasteiger partial charge in [0.15, 0.2) is 0 Å². The van der Waals surface area contributed by atoms with Crippen molar-refractivity contribution < 1.29 is 18.6 Å². The summed E-state index contributed by atoms with van der Waals surface area (Å²) in [5, 5.41) is 0. The first-order valence-corrected chi connectivity index (χ1v) is 9.67. The zero-order valence-electron chi connectivity index (χ0n) is 16.4. The van der Waals surface area contributed by atoms with Crippen molar-refractivity contribution in [1.82, 2.24) is 14.7 Å². The molecule has 1 saturated heterocycles. The lowest BCUT2D eigenvalue weighted by Gasteiger charge is -2.34. The second-order valence-corrected chi connectivity index (χ2v) is 7.62. The molecule has 1 fully saturated rings. The zero-order chi connectivity index (χ0) is 20.1. The van der Waals surface area contributed by atoms with E-state index in [0.29, 0.717) is 18.9 Å². The fourth-order valence-electron chi connectivity index (χ4n) is 4.08. The van der Waals surface area contributed by atoms with Gasteiger partial charge in [-0.25, -0.2) is 9.69 Å². The Morgan fingerprint density at radius 2 is 2.00 bits per heavy atom. The topological polar surface area (TPSA) is 72.4 Å². The Hall–Kier alpha value is -3.42. The summed E-state index contributed by atoms with van der Waals surface area (Å²) in [6.07, 6.45) is 1.65. The average Bonchev–Trinajstić information content (AvgIpc) is 3.43. The van der Waals surface area contributed by atoms with Crippen molar-refractivity contribution in [1.29, 1.82) is 0 Å². The van der Waals surface area contributed by atoms with Crippen LogP contribution in [0.5, 0.6) is 0 Å². The molecule has 0 aliphatic carbocycles. The molecular weight excluding hydrogens is 370 g/mol. The molecule has 5 rings (SSSR count). The summed E-state index contributed by atoms with van der Waals surface area (Å²) in [5.74, 6) is 1.85. The van der Waals surface area contributed by atoms with Crippen LogP contribution in [0.15, 0.2) is 52.1 Å². The molecule has 3 aliphatic rings. The molecule has 0 radical (unpaired) electrons. The molecule has 0 saturated carbocycles. The van der Waals surface area contributed by atoms with Crippen molar-refractivity contribution in [3.63, 3.8) is 0 Å². The van der Waals surface area contributed by atoms with Gasteiger partial charge in [0.1, 0.15) is 12.3 Å². The largest absolute Gasteiger partial charge is 0.466 e. The first-order chi connectivity index (χ1) is 14.0. The third-order valence-corrected chi connectivity index (χ3v) is 5.67. The Labute approximate surface area is 168 Å². The van der Waals surface area contributed by atoms with E-state index < -0.39 is 6.04 Å². The number of imide groups is 1. The second kappa shape index (κ2) is 6.58. The number of guanidine groups is 1. The van der Waals surface area contributed by atoms with E-state index in [9.17, 15) is 9.59 Å². The van der Waals surface area contributed by atoms with Crippen LogP contribution < -0.4 is 0 Å². The lowest BCUT2D eigenvalue weighted by Crippen LogP contribution is -2.63. The van der Waals surface area contributed by atoms with Gasteiger partial charge in [-0.05, 0) is 24.6 Å². The normalized spacial score (nSPS) is 21.1. The Morgan fingerprint density at radius 1 is 1.21 bits per heavy atom. The minimum absolute atomic E-state index is 0.220. The Bertz CT molecular complexity index is 1040. The summed E-state index contributed by atoms with van der Waals surface area (Å²) >= 11 is 0. The minimum Gasteiger partial charge on any atom is -0.466 e. The summed E-state index contributed by atoms with van der Waals surface area (Å²) in [6, 6.07) is 10.7. The number of urea groups is 1. The van der Waals surface area contributed by atoms with Crippen molar-refractivity contribution in [2.75, 3.05) is 20.1 Å². The number of rotatable bonds is 4. The fourth-order valence-corrected chi connectivity index (χ4v) is 4.08. The molecule has 29 heavy (non-hydrogen) atoms. The van der Waals surface area contributed by atoms with Crippen LogP contribution in [-0.2, 0) is 17.9 Å². The van der Waals surface area contributed by atoms with Gasteiger partial charge in [0.2, 0.25) is 11.9 Å². The molecule has 0 N–H and O–H groups in total. The molecular formula is C21H22N5O3+. The smallest absolute Gasteiger partial charge is 0.393 e. The molecule has 0 spiro atoms. The van der Waals surface area contributed by atoms with Gasteiger partial charge < -0.3 is 4.42 Å². The standard InChI is InChI=1S/C21H22N5O3/c1-14-5-7-15(8-6-14)12-26-19(27)17-18(23(2)21(26)28)22-20-24(9-10-25(17)20)13-16-4-3-11-29-16/h3-8,11,17H,9-10,12-13H2,1-2H3/q+1. The van der Waals surface area contributed by atoms with Crippen molar-refractivity contribution in [2.45, 2.75) is 26.1 Å². The number of carbonyl (C=O) groups excluding carboxylic acids is 2. The number of fused-ring (bicyclic) bond motifs is 3. The summed E-state index contributed by atoms with van der Waals surface area (Å²) in [5.41, 5.74) is 2.06. The van der Waals surface area contributed by atoms with Crippen LogP contribution in [-0.4, -0.2) is 69.2 Å².